The maximum Gasteiger partial charge on any atom is 0.224 e. The SMILES string of the molecule is In1c2c(n3c4cnccc4nc13)CCC=C2. The second-order valence-electron chi connectivity index (χ2n) is 4.17. The first-order chi connectivity index (χ1) is 8.36. The van der Waals surface area contributed by atoms with Crippen LogP contribution in [0.15, 0.2) is 24.5 Å². The van der Waals surface area contributed by atoms with E-state index in [4.69, 9.17) is 0 Å². The maximum atomic E-state index is 4.66. The third-order valence-electron chi connectivity index (χ3n) is 3.22. The fourth-order valence-electron chi connectivity index (χ4n) is 2.46. The second kappa shape index (κ2) is 3.32. The van der Waals surface area contributed by atoms with Gasteiger partial charge in [-0.05, 0) is 25.0 Å². The second-order valence-corrected chi connectivity index (χ2v) is 5.13. The highest BCUT2D eigenvalue weighted by Gasteiger charge is 2.19. The van der Waals surface area contributed by atoms with Crippen LogP contribution in [0.4, 0.5) is 0 Å². The van der Waals surface area contributed by atoms with Crippen LogP contribution < -0.4 is 0 Å². The minimum Gasteiger partial charge on any atom is -0.278 e. The Bertz CT molecular complexity index is 766. The first kappa shape index (κ1) is 9.64. The molecule has 0 unspecified atom stereocenters. The smallest absolute Gasteiger partial charge is 0.224 e. The Morgan fingerprint density at radius 1 is 1.35 bits per heavy atom. The number of aromatic nitrogens is 4. The highest BCUT2D eigenvalue weighted by atomic mass is 127. The molecule has 5 heteroatoms. The number of hydrogen-bond acceptors (Lipinski definition) is 2. The molecule has 4 nitrogen and oxygen atoms in total. The Hall–Kier alpha value is -1.37. The number of aryl methyl sites for hydroxylation is 1. The number of hydrogen-bond donors (Lipinski definition) is 0. The van der Waals surface area contributed by atoms with Gasteiger partial charge in [0.05, 0.1) is 51.5 Å². The van der Waals surface area contributed by atoms with Gasteiger partial charge in [-0.2, -0.15) is 0 Å². The monoisotopic (exact) mass is 336 g/mol. The first-order valence-electron chi connectivity index (χ1n) is 5.55. The summed E-state index contributed by atoms with van der Waals surface area (Å²) in [6.45, 7) is 0. The molecule has 0 atom stereocenters. The quantitative estimate of drug-likeness (QED) is 0.592. The Morgan fingerprint density at radius 3 is 3.24 bits per heavy atom. The van der Waals surface area contributed by atoms with Crippen LogP contribution in [0.2, 0.25) is 0 Å². The summed E-state index contributed by atoms with van der Waals surface area (Å²) in [4.78, 5) is 8.87. The molecule has 0 bridgehead atoms. The van der Waals surface area contributed by atoms with Crippen molar-refractivity contribution in [1.29, 1.82) is 0 Å². The van der Waals surface area contributed by atoms with Gasteiger partial charge in [0.15, 0.2) is 0 Å². The highest BCUT2D eigenvalue weighted by molar-refractivity contribution is 14.1. The standard InChI is InChI=1S/C12H9IN4/c13-17-10-4-2-1-3-9(10)16-11-7-14-6-5-8(11)15-12(16)17/h2,4-7H,1,3H2. The molecule has 0 fully saturated rings. The predicted molar refractivity (Wildman–Crippen MR) is 75.3 cm³/mol. The van der Waals surface area contributed by atoms with Crippen LogP contribution in [0, 0.1) is 0 Å². The molecule has 1 aliphatic rings. The molecule has 0 saturated heterocycles. The molecule has 0 aliphatic heterocycles. The van der Waals surface area contributed by atoms with Crippen molar-refractivity contribution in [3.8, 4) is 0 Å². The molecule has 84 valence electrons. The van der Waals surface area contributed by atoms with Gasteiger partial charge in [-0.15, -0.1) is 0 Å². The van der Waals surface area contributed by atoms with Crippen LogP contribution in [0.1, 0.15) is 17.8 Å². The van der Waals surface area contributed by atoms with Gasteiger partial charge < -0.3 is 0 Å². The molecule has 1 aliphatic carbocycles. The predicted octanol–water partition coefficient (Wildman–Crippen LogP) is 2.84. The van der Waals surface area contributed by atoms with E-state index in [0.717, 1.165) is 29.7 Å². The van der Waals surface area contributed by atoms with Crippen molar-refractivity contribution in [2.45, 2.75) is 12.8 Å². The van der Waals surface area contributed by atoms with E-state index in [1.165, 1.54) is 11.4 Å². The summed E-state index contributed by atoms with van der Waals surface area (Å²) in [5, 5.41) is 0. The summed E-state index contributed by atoms with van der Waals surface area (Å²) in [5.41, 5.74) is 4.71. The topological polar surface area (TPSA) is 35.1 Å². The number of allylic oxidation sites excluding steroid dienone is 1. The Kier molecular flexibility index (Phi) is 1.88. The van der Waals surface area contributed by atoms with Gasteiger partial charge in [-0.1, -0.05) is 6.08 Å². The van der Waals surface area contributed by atoms with E-state index in [2.05, 4.69) is 52.2 Å². The highest BCUT2D eigenvalue weighted by Crippen LogP contribution is 2.29. The normalized spacial score (nSPS) is 14.6. The van der Waals surface area contributed by atoms with Crippen LogP contribution in [-0.4, -0.2) is 17.1 Å². The minimum absolute atomic E-state index is 0.991. The van der Waals surface area contributed by atoms with Gasteiger partial charge in [0.25, 0.3) is 0 Å². The van der Waals surface area contributed by atoms with E-state index in [0.29, 0.717) is 0 Å². The number of imidazole rings is 2. The van der Waals surface area contributed by atoms with Gasteiger partial charge in [0.2, 0.25) is 5.78 Å². The van der Waals surface area contributed by atoms with Crippen molar-refractivity contribution in [2.24, 2.45) is 0 Å². The lowest BCUT2D eigenvalue weighted by molar-refractivity contribution is 0.921. The van der Waals surface area contributed by atoms with Crippen molar-refractivity contribution in [2.75, 3.05) is 0 Å². The maximum absolute atomic E-state index is 4.66. The van der Waals surface area contributed by atoms with Crippen LogP contribution in [0.3, 0.4) is 0 Å². The van der Waals surface area contributed by atoms with Crippen molar-refractivity contribution < 1.29 is 0 Å². The van der Waals surface area contributed by atoms with Gasteiger partial charge >= 0.3 is 0 Å². The number of halogens is 1. The van der Waals surface area contributed by atoms with Gasteiger partial charge in [0, 0.05) is 6.20 Å². The van der Waals surface area contributed by atoms with E-state index >= 15 is 0 Å². The number of rotatable bonds is 0. The largest absolute Gasteiger partial charge is 0.278 e. The number of nitrogens with zero attached hydrogens (tertiary/aromatic N) is 4. The summed E-state index contributed by atoms with van der Waals surface area (Å²) in [7, 11) is 0. The van der Waals surface area contributed by atoms with Gasteiger partial charge in [-0.3, -0.25) is 9.38 Å². The molecular weight excluding hydrogens is 327 g/mol. The molecular formula is C12H9IN4. The van der Waals surface area contributed by atoms with E-state index < -0.39 is 0 Å². The third kappa shape index (κ3) is 1.17. The fourth-order valence-corrected chi connectivity index (χ4v) is 3.22. The van der Waals surface area contributed by atoms with Crippen LogP contribution >= 0.6 is 22.9 Å². The lowest BCUT2D eigenvalue weighted by Crippen LogP contribution is -1.97. The average molecular weight is 336 g/mol. The van der Waals surface area contributed by atoms with E-state index in [1.54, 1.807) is 6.20 Å². The zero-order valence-electron chi connectivity index (χ0n) is 8.97. The Labute approximate surface area is 111 Å². The van der Waals surface area contributed by atoms with Gasteiger partial charge in [-0.25, -0.2) is 7.76 Å². The number of pyridine rings is 1. The van der Waals surface area contributed by atoms with Crippen molar-refractivity contribution >= 4 is 45.8 Å². The minimum atomic E-state index is 0.991. The van der Waals surface area contributed by atoms with Crippen LogP contribution in [0.25, 0.3) is 22.9 Å². The lowest BCUT2D eigenvalue weighted by Gasteiger charge is -2.06. The molecule has 3 aromatic rings. The molecule has 0 spiro atoms. The number of fused-ring (bicyclic) bond motifs is 5. The van der Waals surface area contributed by atoms with E-state index in [-0.39, 0.29) is 0 Å². The third-order valence-corrected chi connectivity index (χ3v) is 4.17. The molecule has 3 aromatic heterocycles. The average Bonchev–Trinajstić information content (AvgIpc) is 2.88. The molecule has 0 N–H and O–H groups in total. The summed E-state index contributed by atoms with van der Waals surface area (Å²) in [5.74, 6) is 0.991. The van der Waals surface area contributed by atoms with Crippen molar-refractivity contribution in [1.82, 2.24) is 17.1 Å². The van der Waals surface area contributed by atoms with E-state index in [1.807, 2.05) is 12.3 Å². The molecule has 3 heterocycles. The van der Waals surface area contributed by atoms with Crippen LogP contribution in [0.5, 0.6) is 0 Å². The fraction of sp³-hybridized carbons (Fsp3) is 0.167. The molecule has 4 rings (SSSR count). The molecule has 17 heavy (non-hydrogen) atoms. The van der Waals surface area contributed by atoms with Gasteiger partial charge in [0.1, 0.15) is 0 Å². The zero-order chi connectivity index (χ0) is 11.4. The first-order valence-corrected chi connectivity index (χ1v) is 6.51. The Morgan fingerprint density at radius 2 is 2.29 bits per heavy atom. The van der Waals surface area contributed by atoms with E-state index in [9.17, 15) is 0 Å². The molecule has 0 aromatic carbocycles. The summed E-state index contributed by atoms with van der Waals surface area (Å²) >= 11 is 2.31. The molecule has 0 radical (unpaired) electrons. The summed E-state index contributed by atoms with van der Waals surface area (Å²) in [6, 6.07) is 1.96. The lowest BCUT2D eigenvalue weighted by atomic mass is 10.1. The summed E-state index contributed by atoms with van der Waals surface area (Å²) in [6.07, 6.45) is 10.3. The molecule has 0 amide bonds. The van der Waals surface area contributed by atoms with Crippen molar-refractivity contribution in [3.05, 3.63) is 35.9 Å². The molecule has 0 saturated carbocycles. The Balaban J connectivity index is 2.27. The zero-order valence-corrected chi connectivity index (χ0v) is 11.1. The summed E-state index contributed by atoms with van der Waals surface area (Å²) < 4.78 is 4.36. The van der Waals surface area contributed by atoms with Crippen LogP contribution in [-0.2, 0) is 6.42 Å². The van der Waals surface area contributed by atoms with Crippen molar-refractivity contribution in [3.63, 3.8) is 0 Å².